The number of rotatable bonds is 5. The fourth-order valence-electron chi connectivity index (χ4n) is 2.79. The first-order valence-electron chi connectivity index (χ1n) is 8.50. The molecule has 0 aliphatic rings. The van der Waals surface area contributed by atoms with Crippen LogP contribution in [0.25, 0.3) is 5.69 Å². The fourth-order valence-corrected chi connectivity index (χ4v) is 2.79. The summed E-state index contributed by atoms with van der Waals surface area (Å²) in [6.45, 7) is 6.03. The number of tetrazole rings is 1. The highest BCUT2D eigenvalue weighted by Gasteiger charge is 2.26. The minimum atomic E-state index is -0.450. The van der Waals surface area contributed by atoms with Crippen LogP contribution in [0, 0.1) is 6.92 Å². The van der Waals surface area contributed by atoms with Crippen molar-refractivity contribution in [3.05, 3.63) is 66.0 Å². The van der Waals surface area contributed by atoms with Crippen LogP contribution in [0.4, 0.5) is 10.5 Å². The van der Waals surface area contributed by atoms with Gasteiger partial charge in [0.2, 0.25) is 0 Å². The van der Waals surface area contributed by atoms with Crippen LogP contribution in [0.5, 0.6) is 0 Å². The van der Waals surface area contributed by atoms with Crippen LogP contribution in [0.15, 0.2) is 54.9 Å². The summed E-state index contributed by atoms with van der Waals surface area (Å²) in [4.78, 5) is 12.6. The Morgan fingerprint density at radius 3 is 2.62 bits per heavy atom. The number of hydrogen-bond donors (Lipinski definition) is 2. The first-order chi connectivity index (χ1) is 12.5. The van der Waals surface area contributed by atoms with E-state index >= 15 is 0 Å². The summed E-state index contributed by atoms with van der Waals surface area (Å²) in [5.41, 5.74) is 3.11. The smallest absolute Gasteiger partial charge is 0.319 e. The SMILES string of the molecule is CCC(C)(NC(=O)Nc1ccc(C)c(-n2cnnn2)c1)c1ccccc1. The molecule has 3 rings (SSSR count). The predicted molar refractivity (Wildman–Crippen MR) is 100 cm³/mol. The number of nitrogens with zero attached hydrogens (tertiary/aromatic N) is 4. The lowest BCUT2D eigenvalue weighted by atomic mass is 9.89. The second-order valence-corrected chi connectivity index (χ2v) is 6.39. The summed E-state index contributed by atoms with van der Waals surface area (Å²) in [5.74, 6) is 0. The van der Waals surface area contributed by atoms with Crippen molar-refractivity contribution in [3.63, 3.8) is 0 Å². The molecule has 0 bridgehead atoms. The third kappa shape index (κ3) is 3.72. The molecule has 134 valence electrons. The van der Waals surface area contributed by atoms with Gasteiger partial charge in [-0.2, -0.15) is 0 Å². The van der Waals surface area contributed by atoms with Crippen LogP contribution >= 0.6 is 0 Å². The van der Waals surface area contributed by atoms with Crippen molar-refractivity contribution in [3.8, 4) is 5.69 Å². The van der Waals surface area contributed by atoms with Gasteiger partial charge in [0.1, 0.15) is 6.33 Å². The van der Waals surface area contributed by atoms with Gasteiger partial charge in [-0.15, -0.1) is 5.10 Å². The first kappa shape index (κ1) is 17.6. The molecular formula is C19H22N6O. The van der Waals surface area contributed by atoms with Crippen molar-refractivity contribution < 1.29 is 4.79 Å². The minimum absolute atomic E-state index is 0.260. The lowest BCUT2D eigenvalue weighted by molar-refractivity contribution is 0.238. The number of amides is 2. The molecule has 3 aromatic rings. The monoisotopic (exact) mass is 350 g/mol. The van der Waals surface area contributed by atoms with Gasteiger partial charge < -0.3 is 10.6 Å². The quantitative estimate of drug-likeness (QED) is 0.738. The van der Waals surface area contributed by atoms with Crippen LogP contribution in [-0.2, 0) is 5.54 Å². The van der Waals surface area contributed by atoms with Crippen molar-refractivity contribution in [1.82, 2.24) is 25.5 Å². The molecule has 7 nitrogen and oxygen atoms in total. The molecule has 1 unspecified atom stereocenters. The lowest BCUT2D eigenvalue weighted by Gasteiger charge is -2.30. The number of benzene rings is 2. The summed E-state index contributed by atoms with van der Waals surface area (Å²) in [5, 5.41) is 17.2. The van der Waals surface area contributed by atoms with Crippen molar-refractivity contribution in [1.29, 1.82) is 0 Å². The van der Waals surface area contributed by atoms with Gasteiger partial charge in [0.05, 0.1) is 11.2 Å². The van der Waals surface area contributed by atoms with Gasteiger partial charge in [0, 0.05) is 5.69 Å². The Balaban J connectivity index is 1.77. The highest BCUT2D eigenvalue weighted by molar-refractivity contribution is 5.90. The molecule has 0 aliphatic heterocycles. The van der Waals surface area contributed by atoms with Gasteiger partial charge in [-0.25, -0.2) is 9.48 Å². The Bertz CT molecular complexity index is 878. The predicted octanol–water partition coefficient (Wildman–Crippen LogP) is 3.42. The zero-order chi connectivity index (χ0) is 18.6. The minimum Gasteiger partial charge on any atom is -0.329 e. The Hall–Kier alpha value is -3.22. The molecule has 2 N–H and O–H groups in total. The van der Waals surface area contributed by atoms with E-state index in [1.54, 1.807) is 4.68 Å². The van der Waals surface area contributed by atoms with Gasteiger partial charge in [-0.1, -0.05) is 43.3 Å². The summed E-state index contributed by atoms with van der Waals surface area (Å²) in [7, 11) is 0. The topological polar surface area (TPSA) is 84.7 Å². The van der Waals surface area contributed by atoms with Crippen LogP contribution < -0.4 is 10.6 Å². The van der Waals surface area contributed by atoms with Gasteiger partial charge >= 0.3 is 6.03 Å². The summed E-state index contributed by atoms with van der Waals surface area (Å²) < 4.78 is 1.57. The summed E-state index contributed by atoms with van der Waals surface area (Å²) in [6.07, 6.45) is 2.30. The van der Waals surface area contributed by atoms with Crippen molar-refractivity contribution in [2.45, 2.75) is 32.7 Å². The standard InChI is InChI=1S/C19H22N6O/c1-4-19(3,15-8-6-5-7-9-15)22-18(26)21-16-11-10-14(2)17(12-16)25-13-20-23-24-25/h5-13H,4H2,1-3H3,(H2,21,22,26). The number of hydrogen-bond acceptors (Lipinski definition) is 4. The average molecular weight is 350 g/mol. The summed E-state index contributed by atoms with van der Waals surface area (Å²) >= 11 is 0. The molecule has 1 aromatic heterocycles. The molecule has 2 aromatic carbocycles. The Morgan fingerprint density at radius 2 is 1.96 bits per heavy atom. The number of aryl methyl sites for hydroxylation is 1. The second-order valence-electron chi connectivity index (χ2n) is 6.39. The normalized spacial score (nSPS) is 13.0. The van der Waals surface area contributed by atoms with Crippen LogP contribution in [0.3, 0.4) is 0 Å². The zero-order valence-electron chi connectivity index (χ0n) is 15.1. The highest BCUT2D eigenvalue weighted by atomic mass is 16.2. The molecule has 0 aliphatic carbocycles. The molecule has 0 saturated carbocycles. The van der Waals surface area contributed by atoms with E-state index in [1.165, 1.54) is 6.33 Å². The number of nitrogens with one attached hydrogen (secondary N) is 2. The van der Waals surface area contributed by atoms with E-state index in [0.717, 1.165) is 23.2 Å². The number of aromatic nitrogens is 4. The molecule has 2 amide bonds. The summed E-state index contributed by atoms with van der Waals surface area (Å²) in [6, 6.07) is 15.3. The Kier molecular flexibility index (Phi) is 4.97. The molecule has 7 heteroatoms. The molecular weight excluding hydrogens is 328 g/mol. The molecule has 0 radical (unpaired) electrons. The van der Waals surface area contributed by atoms with E-state index in [0.29, 0.717) is 5.69 Å². The first-order valence-corrected chi connectivity index (χ1v) is 8.50. The largest absolute Gasteiger partial charge is 0.329 e. The molecule has 0 spiro atoms. The van der Waals surface area contributed by atoms with Crippen molar-refractivity contribution in [2.24, 2.45) is 0 Å². The van der Waals surface area contributed by atoms with Crippen LogP contribution in [0.1, 0.15) is 31.4 Å². The van der Waals surface area contributed by atoms with E-state index in [9.17, 15) is 4.79 Å². The third-order valence-electron chi connectivity index (χ3n) is 4.57. The maximum absolute atomic E-state index is 12.6. The number of anilines is 1. The van der Waals surface area contributed by atoms with Crippen molar-refractivity contribution >= 4 is 11.7 Å². The zero-order valence-corrected chi connectivity index (χ0v) is 15.1. The van der Waals surface area contributed by atoms with Crippen LogP contribution in [0.2, 0.25) is 0 Å². The third-order valence-corrected chi connectivity index (χ3v) is 4.57. The van der Waals surface area contributed by atoms with Crippen molar-refractivity contribution in [2.75, 3.05) is 5.32 Å². The van der Waals surface area contributed by atoms with Gasteiger partial charge in [0.15, 0.2) is 0 Å². The fraction of sp³-hybridized carbons (Fsp3) is 0.263. The molecule has 0 fully saturated rings. The maximum Gasteiger partial charge on any atom is 0.319 e. The van der Waals surface area contributed by atoms with Gasteiger partial charge in [-0.3, -0.25) is 0 Å². The van der Waals surface area contributed by atoms with Crippen LogP contribution in [-0.4, -0.2) is 26.2 Å². The average Bonchev–Trinajstić information content (AvgIpc) is 3.18. The molecule has 0 saturated heterocycles. The van der Waals surface area contributed by atoms with E-state index < -0.39 is 5.54 Å². The van der Waals surface area contributed by atoms with E-state index in [4.69, 9.17) is 0 Å². The maximum atomic E-state index is 12.6. The Morgan fingerprint density at radius 1 is 1.19 bits per heavy atom. The van der Waals surface area contributed by atoms with E-state index in [-0.39, 0.29) is 6.03 Å². The van der Waals surface area contributed by atoms with Gasteiger partial charge in [0.25, 0.3) is 0 Å². The van der Waals surface area contributed by atoms with E-state index in [1.807, 2.05) is 62.4 Å². The highest BCUT2D eigenvalue weighted by Crippen LogP contribution is 2.24. The molecule has 1 atom stereocenters. The number of carbonyl (C=O) groups is 1. The van der Waals surface area contributed by atoms with Gasteiger partial charge in [-0.05, 0) is 54.0 Å². The number of urea groups is 1. The van der Waals surface area contributed by atoms with E-state index in [2.05, 4.69) is 33.1 Å². The molecule has 1 heterocycles. The lowest BCUT2D eigenvalue weighted by Crippen LogP contribution is -2.45. The molecule has 26 heavy (non-hydrogen) atoms. The Labute approximate surface area is 152 Å². The second kappa shape index (κ2) is 7.35. The number of carbonyl (C=O) groups excluding carboxylic acids is 1.